The molecule has 0 bridgehead atoms. The largest absolute Gasteiger partial charge is 0.317 e. The monoisotopic (exact) mass is 211 g/mol. The highest BCUT2D eigenvalue weighted by atomic mass is 19.1. The van der Waals surface area contributed by atoms with Gasteiger partial charge in [0.05, 0.1) is 0 Å². The van der Waals surface area contributed by atoms with Crippen LogP contribution in [0.1, 0.15) is 24.8 Å². The van der Waals surface area contributed by atoms with E-state index in [-0.39, 0.29) is 0 Å². The summed E-state index contributed by atoms with van der Waals surface area (Å²) in [5.41, 5.74) is 0.801. The predicted molar refractivity (Wildman–Crippen MR) is 55.7 cm³/mol. The third-order valence-corrected chi connectivity index (χ3v) is 2.89. The number of halogens is 2. The van der Waals surface area contributed by atoms with Gasteiger partial charge in [0.15, 0.2) is 0 Å². The van der Waals surface area contributed by atoms with Crippen LogP contribution in [0.3, 0.4) is 0 Å². The van der Waals surface area contributed by atoms with Gasteiger partial charge in [0.1, 0.15) is 11.6 Å². The van der Waals surface area contributed by atoms with Gasteiger partial charge in [-0.3, -0.25) is 0 Å². The van der Waals surface area contributed by atoms with Gasteiger partial charge in [-0.05, 0) is 49.0 Å². The van der Waals surface area contributed by atoms with Gasteiger partial charge >= 0.3 is 0 Å². The molecule has 1 aromatic carbocycles. The number of hydrogen-bond acceptors (Lipinski definition) is 1. The van der Waals surface area contributed by atoms with Gasteiger partial charge in [0, 0.05) is 6.07 Å². The SMILES string of the molecule is CCNCC1CC1c1cc(F)cc(F)c1. The van der Waals surface area contributed by atoms with Crippen LogP contribution in [0.2, 0.25) is 0 Å². The maximum absolute atomic E-state index is 12.9. The van der Waals surface area contributed by atoms with Gasteiger partial charge in [-0.15, -0.1) is 0 Å². The van der Waals surface area contributed by atoms with Crippen molar-refractivity contribution in [1.82, 2.24) is 5.32 Å². The van der Waals surface area contributed by atoms with Crippen LogP contribution in [0.25, 0.3) is 0 Å². The van der Waals surface area contributed by atoms with E-state index in [4.69, 9.17) is 0 Å². The lowest BCUT2D eigenvalue weighted by Crippen LogP contribution is -2.16. The Hall–Kier alpha value is -0.960. The first-order valence-corrected chi connectivity index (χ1v) is 5.37. The molecule has 1 nitrogen and oxygen atoms in total. The summed E-state index contributed by atoms with van der Waals surface area (Å²) in [5.74, 6) is -0.0569. The first-order chi connectivity index (χ1) is 7.20. The normalized spacial score (nSPS) is 24.2. The lowest BCUT2D eigenvalue weighted by molar-refractivity contribution is 0.577. The van der Waals surface area contributed by atoms with Gasteiger partial charge in [0.25, 0.3) is 0 Å². The van der Waals surface area contributed by atoms with Gasteiger partial charge in [-0.2, -0.15) is 0 Å². The fraction of sp³-hybridized carbons (Fsp3) is 0.500. The average Bonchev–Trinajstić information content (AvgIpc) is 2.92. The Morgan fingerprint density at radius 1 is 1.27 bits per heavy atom. The highest BCUT2D eigenvalue weighted by Crippen LogP contribution is 2.47. The van der Waals surface area contributed by atoms with Crippen molar-refractivity contribution < 1.29 is 8.78 Å². The van der Waals surface area contributed by atoms with Crippen molar-refractivity contribution in [2.24, 2.45) is 5.92 Å². The number of hydrogen-bond donors (Lipinski definition) is 1. The van der Waals surface area contributed by atoms with E-state index in [1.165, 1.54) is 12.1 Å². The summed E-state index contributed by atoms with van der Waals surface area (Å²) < 4.78 is 25.9. The third kappa shape index (κ3) is 2.53. The fourth-order valence-electron chi connectivity index (χ4n) is 2.00. The molecule has 2 atom stereocenters. The summed E-state index contributed by atoms with van der Waals surface area (Å²) in [7, 11) is 0. The van der Waals surface area contributed by atoms with Crippen LogP contribution < -0.4 is 5.32 Å². The van der Waals surface area contributed by atoms with Crippen LogP contribution in [-0.2, 0) is 0 Å². The van der Waals surface area contributed by atoms with Crippen molar-refractivity contribution in [2.45, 2.75) is 19.3 Å². The molecule has 1 aromatic rings. The van der Waals surface area contributed by atoms with Gasteiger partial charge in [-0.25, -0.2) is 8.78 Å². The smallest absolute Gasteiger partial charge is 0.126 e. The maximum atomic E-state index is 12.9. The molecule has 15 heavy (non-hydrogen) atoms. The summed E-state index contributed by atoms with van der Waals surface area (Å²) in [5, 5.41) is 3.25. The molecule has 2 unspecified atom stereocenters. The average molecular weight is 211 g/mol. The molecular formula is C12H15F2N. The molecule has 0 saturated heterocycles. The van der Waals surface area contributed by atoms with Gasteiger partial charge in [0.2, 0.25) is 0 Å². The van der Waals surface area contributed by atoms with E-state index in [9.17, 15) is 8.78 Å². The molecule has 1 fully saturated rings. The van der Waals surface area contributed by atoms with Crippen LogP contribution in [0.4, 0.5) is 8.78 Å². The van der Waals surface area contributed by atoms with Crippen LogP contribution in [0, 0.1) is 17.6 Å². The summed E-state index contributed by atoms with van der Waals surface area (Å²) in [6.07, 6.45) is 1.04. The van der Waals surface area contributed by atoms with Crippen molar-refractivity contribution in [3.05, 3.63) is 35.4 Å². The summed E-state index contributed by atoms with van der Waals surface area (Å²) in [6, 6.07) is 3.81. The Kier molecular flexibility index (Phi) is 3.00. The van der Waals surface area contributed by atoms with E-state index in [2.05, 4.69) is 12.2 Å². The molecule has 0 aliphatic heterocycles. The molecule has 0 aromatic heterocycles. The zero-order chi connectivity index (χ0) is 10.8. The Morgan fingerprint density at radius 2 is 1.93 bits per heavy atom. The molecule has 1 aliphatic carbocycles. The Balaban J connectivity index is 2.00. The highest BCUT2D eigenvalue weighted by molar-refractivity contribution is 5.27. The molecule has 3 heteroatoms. The van der Waals surface area contributed by atoms with Crippen LogP contribution in [-0.4, -0.2) is 13.1 Å². The molecular weight excluding hydrogens is 196 g/mol. The van der Waals surface area contributed by atoms with E-state index >= 15 is 0 Å². The second-order valence-electron chi connectivity index (χ2n) is 4.11. The zero-order valence-electron chi connectivity index (χ0n) is 8.76. The number of nitrogens with one attached hydrogen (secondary N) is 1. The van der Waals surface area contributed by atoms with Crippen molar-refractivity contribution in [2.75, 3.05) is 13.1 Å². The molecule has 1 aliphatic rings. The summed E-state index contributed by atoms with van der Waals surface area (Å²) >= 11 is 0. The first kappa shape index (κ1) is 10.6. The standard InChI is InChI=1S/C12H15F2N/c1-2-15-7-9-5-12(9)8-3-10(13)6-11(14)4-8/h3-4,6,9,12,15H,2,5,7H2,1H3. The van der Waals surface area contributed by atoms with Crippen LogP contribution in [0.15, 0.2) is 18.2 Å². The second-order valence-corrected chi connectivity index (χ2v) is 4.11. The molecule has 1 saturated carbocycles. The third-order valence-electron chi connectivity index (χ3n) is 2.89. The van der Waals surface area contributed by atoms with Crippen molar-refractivity contribution in [3.63, 3.8) is 0 Å². The molecule has 1 N–H and O–H groups in total. The van der Waals surface area contributed by atoms with Crippen molar-refractivity contribution >= 4 is 0 Å². The minimum absolute atomic E-state index is 0.342. The van der Waals surface area contributed by atoms with Crippen molar-refractivity contribution in [1.29, 1.82) is 0 Å². The quantitative estimate of drug-likeness (QED) is 0.807. The fourth-order valence-corrected chi connectivity index (χ4v) is 2.00. The van der Waals surface area contributed by atoms with E-state index < -0.39 is 11.6 Å². The number of rotatable bonds is 4. The predicted octanol–water partition coefficient (Wildman–Crippen LogP) is 2.68. The molecule has 2 rings (SSSR count). The van der Waals surface area contributed by atoms with E-state index in [0.717, 1.165) is 31.1 Å². The molecule has 0 spiro atoms. The Bertz CT molecular complexity index is 331. The molecule has 0 amide bonds. The Labute approximate surface area is 88.5 Å². The van der Waals surface area contributed by atoms with E-state index in [0.29, 0.717) is 11.8 Å². The van der Waals surface area contributed by atoms with Crippen molar-refractivity contribution in [3.8, 4) is 0 Å². The topological polar surface area (TPSA) is 12.0 Å². The second kappa shape index (κ2) is 4.27. The minimum Gasteiger partial charge on any atom is -0.317 e. The molecule has 0 heterocycles. The van der Waals surface area contributed by atoms with Crippen LogP contribution in [0.5, 0.6) is 0 Å². The van der Waals surface area contributed by atoms with Gasteiger partial charge in [-0.1, -0.05) is 6.92 Å². The molecule has 0 radical (unpaired) electrons. The van der Waals surface area contributed by atoms with Gasteiger partial charge < -0.3 is 5.32 Å². The zero-order valence-corrected chi connectivity index (χ0v) is 8.76. The lowest BCUT2D eigenvalue weighted by Gasteiger charge is -2.02. The van der Waals surface area contributed by atoms with E-state index in [1.54, 1.807) is 0 Å². The summed E-state index contributed by atoms with van der Waals surface area (Å²) in [4.78, 5) is 0. The summed E-state index contributed by atoms with van der Waals surface area (Å²) in [6.45, 7) is 3.94. The maximum Gasteiger partial charge on any atom is 0.126 e. The Morgan fingerprint density at radius 3 is 2.53 bits per heavy atom. The number of benzene rings is 1. The van der Waals surface area contributed by atoms with E-state index in [1.807, 2.05) is 0 Å². The highest BCUT2D eigenvalue weighted by Gasteiger charge is 2.37. The lowest BCUT2D eigenvalue weighted by atomic mass is 10.1. The van der Waals surface area contributed by atoms with Crippen LogP contribution >= 0.6 is 0 Å². The molecule has 82 valence electrons. The first-order valence-electron chi connectivity index (χ1n) is 5.37. The minimum atomic E-state index is -0.473.